The van der Waals surface area contributed by atoms with Crippen molar-refractivity contribution < 1.29 is 25.0 Å². The third kappa shape index (κ3) is 2.38. The number of nitrogens with zero attached hydrogens (tertiary/aromatic N) is 1. The van der Waals surface area contributed by atoms with E-state index in [2.05, 4.69) is 19.0 Å². The van der Waals surface area contributed by atoms with Crippen molar-refractivity contribution in [1.82, 2.24) is 0 Å². The van der Waals surface area contributed by atoms with E-state index < -0.39 is 17.1 Å². The van der Waals surface area contributed by atoms with Crippen LogP contribution in [0.2, 0.25) is 0 Å². The Morgan fingerprint density at radius 3 is 2.56 bits per heavy atom. The van der Waals surface area contributed by atoms with Crippen LogP contribution in [0.1, 0.15) is 65.2 Å². The second-order valence-corrected chi connectivity index (χ2v) is 10.00. The van der Waals surface area contributed by atoms with E-state index in [4.69, 9.17) is 4.74 Å². The maximum Gasteiger partial charge on any atom is 0.309 e. The number of rotatable bonds is 1. The highest BCUT2D eigenvalue weighted by Crippen LogP contribution is 2.67. The van der Waals surface area contributed by atoms with E-state index in [1.807, 2.05) is 0 Å². The number of aliphatic hydroxyl groups is 2. The van der Waals surface area contributed by atoms with Crippen molar-refractivity contribution in [3.8, 4) is 0 Å². The zero-order chi connectivity index (χ0) is 19.6. The van der Waals surface area contributed by atoms with Crippen LogP contribution in [-0.2, 0) is 9.53 Å². The lowest BCUT2D eigenvalue weighted by Gasteiger charge is -2.63. The van der Waals surface area contributed by atoms with Crippen molar-refractivity contribution >= 4 is 11.7 Å². The van der Waals surface area contributed by atoms with Crippen LogP contribution < -0.4 is 0 Å². The summed E-state index contributed by atoms with van der Waals surface area (Å²) in [6, 6.07) is 0. The zero-order valence-electron chi connectivity index (χ0n) is 16.6. The molecule has 3 unspecified atom stereocenters. The van der Waals surface area contributed by atoms with Crippen LogP contribution >= 0.6 is 0 Å². The third-order valence-corrected chi connectivity index (χ3v) is 9.24. The molecule has 0 spiro atoms. The maximum absolute atomic E-state index is 12.4. The molecule has 6 nitrogen and oxygen atoms in total. The highest BCUT2D eigenvalue weighted by molar-refractivity contribution is 5.94. The maximum atomic E-state index is 12.4. The van der Waals surface area contributed by atoms with Crippen molar-refractivity contribution in [2.75, 3.05) is 7.11 Å². The number of hydrogen-bond acceptors (Lipinski definition) is 6. The van der Waals surface area contributed by atoms with Gasteiger partial charge in [-0.25, -0.2) is 0 Å². The quantitative estimate of drug-likeness (QED) is 0.370. The first kappa shape index (κ1) is 19.2. The lowest BCUT2D eigenvalue weighted by molar-refractivity contribution is -0.174. The first-order chi connectivity index (χ1) is 12.7. The summed E-state index contributed by atoms with van der Waals surface area (Å²) in [6.45, 7) is 4.35. The average Bonchev–Trinajstić information content (AvgIpc) is 2.99. The Labute approximate surface area is 161 Å². The standard InChI is InChI=1S/C21H33NO5/c1-19-8-7-15-13(14(19)4-5-16(19)18(24)27-3)10-17(22-26)21(25)11-12(23)6-9-20(15,21)2/h12-16,23,25-26H,4-11H2,1-3H3/t12?,13-,14-,15+,16?,19-,20+,21?/m0/s1. The fraction of sp³-hybridized carbons (Fsp3) is 0.905. The average molecular weight is 379 g/mol. The topological polar surface area (TPSA) is 99.4 Å². The molecular weight excluding hydrogens is 346 g/mol. The largest absolute Gasteiger partial charge is 0.469 e. The Morgan fingerprint density at radius 2 is 1.89 bits per heavy atom. The van der Waals surface area contributed by atoms with Gasteiger partial charge in [-0.1, -0.05) is 19.0 Å². The van der Waals surface area contributed by atoms with E-state index in [1.165, 1.54) is 7.11 Å². The highest BCUT2D eigenvalue weighted by Gasteiger charge is 2.67. The molecule has 0 heterocycles. The number of hydrogen-bond donors (Lipinski definition) is 3. The van der Waals surface area contributed by atoms with E-state index >= 15 is 0 Å². The van der Waals surface area contributed by atoms with Gasteiger partial charge in [0.15, 0.2) is 0 Å². The van der Waals surface area contributed by atoms with Crippen LogP contribution in [0.3, 0.4) is 0 Å². The lowest BCUT2D eigenvalue weighted by Crippen LogP contribution is -2.67. The van der Waals surface area contributed by atoms with E-state index in [9.17, 15) is 20.2 Å². The molecule has 0 aromatic rings. The third-order valence-electron chi connectivity index (χ3n) is 9.24. The summed E-state index contributed by atoms with van der Waals surface area (Å²) in [5.74, 6) is 0.809. The molecule has 0 radical (unpaired) electrons. The monoisotopic (exact) mass is 379 g/mol. The molecule has 4 aliphatic carbocycles. The molecular formula is C21H33NO5. The van der Waals surface area contributed by atoms with Crippen molar-refractivity contribution in [2.45, 2.75) is 76.9 Å². The minimum absolute atomic E-state index is 0.0650. The molecule has 152 valence electrons. The SMILES string of the molecule is COC(=O)C1CC[C@H]2[C@@H]3CC(=NO)C4(O)CC(O)CC[C@]4(C)[C@@H]3CC[C@]12C. The predicted octanol–water partition coefficient (Wildman–Crippen LogP) is 2.73. The molecule has 0 saturated heterocycles. The predicted molar refractivity (Wildman–Crippen MR) is 99.3 cm³/mol. The summed E-state index contributed by atoms with van der Waals surface area (Å²) in [5.41, 5.74) is -1.30. The Bertz CT molecular complexity index is 665. The molecule has 4 rings (SSSR count). The van der Waals surface area contributed by atoms with Crippen molar-refractivity contribution in [3.05, 3.63) is 0 Å². The molecule has 0 aromatic carbocycles. The second-order valence-electron chi connectivity index (χ2n) is 10.00. The van der Waals surface area contributed by atoms with Crippen LogP contribution in [0.4, 0.5) is 0 Å². The van der Waals surface area contributed by atoms with Crippen LogP contribution in [0.15, 0.2) is 5.16 Å². The molecule has 0 aliphatic heterocycles. The Morgan fingerprint density at radius 1 is 1.15 bits per heavy atom. The number of oxime groups is 1. The summed E-state index contributed by atoms with van der Waals surface area (Å²) < 4.78 is 5.09. The van der Waals surface area contributed by atoms with Gasteiger partial charge in [0, 0.05) is 11.8 Å². The van der Waals surface area contributed by atoms with Crippen LogP contribution in [0, 0.1) is 34.5 Å². The summed E-state index contributed by atoms with van der Waals surface area (Å²) in [7, 11) is 1.47. The smallest absolute Gasteiger partial charge is 0.309 e. The van der Waals surface area contributed by atoms with Crippen LogP contribution in [-0.4, -0.2) is 45.9 Å². The molecule has 3 N–H and O–H groups in total. The number of methoxy groups -OCH3 is 1. The Hall–Kier alpha value is -1.14. The first-order valence-electron chi connectivity index (χ1n) is 10.4. The number of carbonyl (C=O) groups excluding carboxylic acids is 1. The molecule has 0 bridgehead atoms. The number of ether oxygens (including phenoxy) is 1. The summed E-state index contributed by atoms with van der Waals surface area (Å²) in [4.78, 5) is 12.4. The second kappa shape index (κ2) is 6.18. The summed E-state index contributed by atoms with van der Waals surface area (Å²) in [5, 5.41) is 35.1. The van der Waals surface area contributed by atoms with Gasteiger partial charge in [-0.2, -0.15) is 0 Å². The molecule has 4 aliphatic rings. The fourth-order valence-electron chi connectivity index (χ4n) is 7.70. The Kier molecular flexibility index (Phi) is 4.39. The van der Waals surface area contributed by atoms with E-state index in [1.54, 1.807) is 0 Å². The number of esters is 1. The summed E-state index contributed by atoms with van der Waals surface area (Å²) in [6.07, 6.45) is 5.39. The van der Waals surface area contributed by atoms with Gasteiger partial charge >= 0.3 is 5.97 Å². The van der Waals surface area contributed by atoms with Gasteiger partial charge in [-0.15, -0.1) is 0 Å². The fourth-order valence-corrected chi connectivity index (χ4v) is 7.70. The van der Waals surface area contributed by atoms with Crippen LogP contribution in [0.5, 0.6) is 0 Å². The summed E-state index contributed by atoms with van der Waals surface area (Å²) >= 11 is 0. The molecule has 27 heavy (non-hydrogen) atoms. The van der Waals surface area contributed by atoms with Gasteiger partial charge in [0.2, 0.25) is 0 Å². The number of fused-ring (bicyclic) bond motifs is 5. The van der Waals surface area contributed by atoms with Gasteiger partial charge in [0.05, 0.1) is 24.8 Å². The van der Waals surface area contributed by atoms with Gasteiger partial charge < -0.3 is 20.2 Å². The molecule has 4 saturated carbocycles. The van der Waals surface area contributed by atoms with E-state index in [0.29, 0.717) is 36.3 Å². The zero-order valence-corrected chi connectivity index (χ0v) is 16.6. The number of aliphatic hydroxyl groups excluding tert-OH is 1. The van der Waals surface area contributed by atoms with Gasteiger partial charge in [0.25, 0.3) is 0 Å². The molecule has 4 fully saturated rings. The Balaban J connectivity index is 1.72. The molecule has 0 aromatic heterocycles. The first-order valence-corrected chi connectivity index (χ1v) is 10.4. The van der Waals surface area contributed by atoms with Crippen molar-refractivity contribution in [2.24, 2.45) is 39.7 Å². The highest BCUT2D eigenvalue weighted by atomic mass is 16.5. The molecule has 0 amide bonds. The molecule has 8 atom stereocenters. The lowest BCUT2D eigenvalue weighted by atomic mass is 9.42. The van der Waals surface area contributed by atoms with E-state index in [0.717, 1.165) is 32.1 Å². The molecule has 6 heteroatoms. The van der Waals surface area contributed by atoms with Crippen LogP contribution in [0.25, 0.3) is 0 Å². The van der Waals surface area contributed by atoms with Crippen molar-refractivity contribution in [1.29, 1.82) is 0 Å². The minimum Gasteiger partial charge on any atom is -0.469 e. The normalized spacial score (nSPS) is 53.4. The van der Waals surface area contributed by atoms with Gasteiger partial charge in [0.1, 0.15) is 5.60 Å². The van der Waals surface area contributed by atoms with Gasteiger partial charge in [-0.05, 0) is 68.1 Å². The minimum atomic E-state index is -1.24. The van der Waals surface area contributed by atoms with Crippen molar-refractivity contribution in [3.63, 3.8) is 0 Å². The van der Waals surface area contributed by atoms with Gasteiger partial charge in [-0.3, -0.25) is 4.79 Å². The number of carbonyl (C=O) groups is 1. The van der Waals surface area contributed by atoms with E-state index in [-0.39, 0.29) is 23.7 Å².